The van der Waals surface area contributed by atoms with Crippen molar-refractivity contribution in [3.8, 4) is 6.07 Å². The Morgan fingerprint density at radius 3 is 2.14 bits per heavy atom. The summed E-state index contributed by atoms with van der Waals surface area (Å²) in [6.07, 6.45) is -6.66. The van der Waals surface area contributed by atoms with Gasteiger partial charge in [-0.2, -0.15) is 36.7 Å². The molecule has 0 amide bonds. The minimum Gasteiger partial charge on any atom is -0.475 e. The fourth-order valence-corrected chi connectivity index (χ4v) is 3.81. The number of carbonyl (C=O) groups is 2. The number of nitrogens with zero attached hydrogens (tertiary/aromatic N) is 5. The van der Waals surface area contributed by atoms with Crippen molar-refractivity contribution in [1.29, 1.82) is 5.26 Å². The van der Waals surface area contributed by atoms with Crippen LogP contribution in [0.1, 0.15) is 11.3 Å². The van der Waals surface area contributed by atoms with Gasteiger partial charge in [0.05, 0.1) is 27.8 Å². The largest absolute Gasteiger partial charge is 0.490 e. The average molecular weight is 618 g/mol. The van der Waals surface area contributed by atoms with Crippen LogP contribution < -0.4 is 15.5 Å². The first-order valence-electron chi connectivity index (χ1n) is 11.9. The monoisotopic (exact) mass is 618 g/mol. The van der Waals surface area contributed by atoms with E-state index in [0.29, 0.717) is 22.5 Å². The Labute approximate surface area is 236 Å². The Balaban J connectivity index is 0.000000303. The number of aryl methyl sites for hydroxylation is 1. The number of aromatic nitrogens is 4. The maximum absolute atomic E-state index is 14.4. The van der Waals surface area contributed by atoms with Gasteiger partial charge >= 0.3 is 24.3 Å². The van der Waals surface area contributed by atoms with Crippen LogP contribution in [-0.4, -0.2) is 80.3 Å². The number of nitriles is 1. The van der Waals surface area contributed by atoms with E-state index in [0.717, 1.165) is 43.1 Å². The van der Waals surface area contributed by atoms with Gasteiger partial charge in [0.25, 0.3) is 0 Å². The predicted molar refractivity (Wildman–Crippen MR) is 136 cm³/mol. The number of benzene rings is 1. The highest BCUT2D eigenvalue weighted by Crippen LogP contribution is 2.32. The Bertz CT molecular complexity index is 1640. The molecule has 0 radical (unpaired) electrons. The van der Waals surface area contributed by atoms with Gasteiger partial charge in [-0.25, -0.2) is 19.0 Å². The number of alkyl halides is 6. The Kier molecular flexibility index (Phi) is 9.65. The second-order valence-electron chi connectivity index (χ2n) is 8.76. The molecule has 1 fully saturated rings. The van der Waals surface area contributed by atoms with E-state index in [4.69, 9.17) is 19.8 Å². The predicted octanol–water partition coefficient (Wildman–Crippen LogP) is 3.95. The fraction of sp³-hybridized carbons (Fsp3) is 0.292. The summed E-state index contributed by atoms with van der Waals surface area (Å²) in [5.74, 6) is -5.46. The zero-order valence-corrected chi connectivity index (χ0v) is 21.8. The van der Waals surface area contributed by atoms with Crippen molar-refractivity contribution in [3.05, 3.63) is 47.7 Å². The molecule has 230 valence electrons. The van der Waals surface area contributed by atoms with E-state index in [9.17, 15) is 36.0 Å². The van der Waals surface area contributed by atoms with Gasteiger partial charge in [-0.3, -0.25) is 5.10 Å². The van der Waals surface area contributed by atoms with Crippen LogP contribution in [0.15, 0.2) is 30.6 Å². The summed E-state index contributed by atoms with van der Waals surface area (Å²) < 4.78 is 79.5. The lowest BCUT2D eigenvalue weighted by molar-refractivity contribution is -0.193. The highest BCUT2D eigenvalue weighted by Gasteiger charge is 2.38. The molecule has 4 aromatic rings. The Hall–Kier alpha value is -5.12. The molecule has 5 rings (SSSR count). The maximum atomic E-state index is 14.4. The number of pyridine rings is 1. The number of H-pyrrole nitrogens is 1. The van der Waals surface area contributed by atoms with Crippen molar-refractivity contribution in [1.82, 2.24) is 24.9 Å². The van der Waals surface area contributed by atoms with Crippen LogP contribution in [0.4, 0.5) is 47.9 Å². The molecule has 19 heteroatoms. The number of carboxylic acid groups (broad SMARTS) is 2. The molecule has 4 heterocycles. The zero-order chi connectivity index (χ0) is 32.1. The molecular formula is C24H21F7N8O4. The first kappa shape index (κ1) is 32.4. The van der Waals surface area contributed by atoms with E-state index >= 15 is 0 Å². The molecule has 0 saturated carbocycles. The van der Waals surface area contributed by atoms with Gasteiger partial charge in [0, 0.05) is 50.3 Å². The van der Waals surface area contributed by atoms with Crippen LogP contribution in [0.5, 0.6) is 0 Å². The van der Waals surface area contributed by atoms with Crippen molar-refractivity contribution in [2.75, 3.05) is 36.4 Å². The number of imidazole rings is 1. The quantitative estimate of drug-likeness (QED) is 0.212. The Morgan fingerprint density at radius 2 is 1.60 bits per heavy atom. The van der Waals surface area contributed by atoms with Gasteiger partial charge in [-0.15, -0.1) is 0 Å². The highest BCUT2D eigenvalue weighted by atomic mass is 19.4. The maximum Gasteiger partial charge on any atom is 0.490 e. The molecular weight excluding hydrogens is 597 g/mol. The topological polar surface area (TPSA) is 172 Å². The van der Waals surface area contributed by atoms with Gasteiger partial charge < -0.3 is 30.1 Å². The third kappa shape index (κ3) is 8.22. The normalized spacial score (nSPS) is 13.4. The number of aliphatic carboxylic acids is 2. The van der Waals surface area contributed by atoms with E-state index < -0.39 is 30.1 Å². The molecule has 0 unspecified atom stereocenters. The van der Waals surface area contributed by atoms with Gasteiger partial charge in [0.2, 0.25) is 0 Å². The summed E-state index contributed by atoms with van der Waals surface area (Å²) in [4.78, 5) is 24.2. The molecule has 1 aliphatic rings. The lowest BCUT2D eigenvalue weighted by atomic mass is 10.1. The number of anilines is 3. The van der Waals surface area contributed by atoms with Gasteiger partial charge in [0.1, 0.15) is 6.07 Å². The third-order valence-corrected chi connectivity index (χ3v) is 5.63. The number of carboxylic acids is 2. The molecule has 0 bridgehead atoms. The summed E-state index contributed by atoms with van der Waals surface area (Å²) in [7, 11) is 0. The number of fused-ring (bicyclic) bond motifs is 2. The molecule has 0 aliphatic carbocycles. The van der Waals surface area contributed by atoms with Crippen LogP contribution >= 0.6 is 0 Å². The summed E-state index contributed by atoms with van der Waals surface area (Å²) in [5, 5.41) is 38.5. The molecule has 43 heavy (non-hydrogen) atoms. The molecule has 3 aromatic heterocycles. The minimum absolute atomic E-state index is 0.276. The number of hydrogen-bond acceptors (Lipinski definition) is 8. The number of aromatic amines is 1. The van der Waals surface area contributed by atoms with Crippen molar-refractivity contribution < 1.29 is 50.5 Å². The van der Waals surface area contributed by atoms with Crippen molar-refractivity contribution >= 4 is 45.7 Å². The van der Waals surface area contributed by atoms with E-state index in [-0.39, 0.29) is 5.65 Å². The van der Waals surface area contributed by atoms with E-state index in [1.807, 2.05) is 19.1 Å². The number of hydrogen-bond donors (Lipinski definition) is 5. The zero-order valence-electron chi connectivity index (χ0n) is 21.8. The number of nitrogens with one attached hydrogen (secondary N) is 3. The van der Waals surface area contributed by atoms with Crippen molar-refractivity contribution in [3.63, 3.8) is 0 Å². The van der Waals surface area contributed by atoms with Crippen LogP contribution in [0.25, 0.3) is 16.6 Å². The van der Waals surface area contributed by atoms with Crippen molar-refractivity contribution in [2.45, 2.75) is 19.3 Å². The first-order valence-corrected chi connectivity index (χ1v) is 11.9. The van der Waals surface area contributed by atoms with E-state index in [2.05, 4.69) is 36.8 Å². The minimum atomic E-state index is -5.08. The lowest BCUT2D eigenvalue weighted by Crippen LogP contribution is -2.43. The van der Waals surface area contributed by atoms with Gasteiger partial charge in [-0.1, -0.05) is 0 Å². The summed E-state index contributed by atoms with van der Waals surface area (Å²) >= 11 is 0. The summed E-state index contributed by atoms with van der Waals surface area (Å²) in [6.45, 7) is 5.42. The molecule has 1 saturated heterocycles. The first-order chi connectivity index (χ1) is 20.0. The van der Waals surface area contributed by atoms with Gasteiger partial charge in [0.15, 0.2) is 17.3 Å². The van der Waals surface area contributed by atoms with E-state index in [1.165, 1.54) is 6.07 Å². The molecule has 1 aromatic carbocycles. The molecule has 0 atom stereocenters. The fourth-order valence-electron chi connectivity index (χ4n) is 3.81. The van der Waals surface area contributed by atoms with Crippen LogP contribution in [0.3, 0.4) is 0 Å². The second kappa shape index (κ2) is 12.8. The highest BCUT2D eigenvalue weighted by molar-refractivity contribution is 5.98. The molecule has 5 N–H and O–H groups in total. The van der Waals surface area contributed by atoms with Crippen molar-refractivity contribution in [2.24, 2.45) is 0 Å². The Morgan fingerprint density at radius 1 is 1.02 bits per heavy atom. The molecule has 1 aliphatic heterocycles. The summed E-state index contributed by atoms with van der Waals surface area (Å²) in [5.41, 5.74) is 3.81. The van der Waals surface area contributed by atoms with Crippen LogP contribution in [0.2, 0.25) is 0 Å². The van der Waals surface area contributed by atoms with E-state index in [1.54, 1.807) is 16.8 Å². The molecule has 0 spiro atoms. The van der Waals surface area contributed by atoms with Crippen LogP contribution in [-0.2, 0) is 9.59 Å². The number of rotatable bonds is 3. The lowest BCUT2D eigenvalue weighted by Gasteiger charge is -2.29. The molecule has 12 nitrogen and oxygen atoms in total. The smallest absolute Gasteiger partial charge is 0.475 e. The average Bonchev–Trinajstić information content (AvgIpc) is 3.51. The summed E-state index contributed by atoms with van der Waals surface area (Å²) in [6, 6.07) is 7.54. The number of piperazine rings is 1. The standard InChI is InChI=1S/C20H19FN8.2C2HF3O2/c1-12-10-29-11-14(7-16(21)20(29)24-12)25-19-18-13(9-22)6-15(8-17(18)26-27-19)28-4-2-23-3-5-28;2*3-2(4,5)1(6)7/h6-8,10-11,23H,2-5H2,1H3,(H2,25,26,27);2*(H,6,7). The SMILES string of the molecule is Cc1cn2cc(Nc3n[nH]c4cc(N5CCNCC5)cc(C#N)c34)cc(F)c2n1.O=C(O)C(F)(F)F.O=C(O)C(F)(F)F. The van der Waals surface area contributed by atoms with Gasteiger partial charge in [-0.05, 0) is 19.1 Å². The second-order valence-corrected chi connectivity index (χ2v) is 8.76. The van der Waals surface area contributed by atoms with Crippen LogP contribution in [0, 0.1) is 24.1 Å². The third-order valence-electron chi connectivity index (χ3n) is 5.63. The number of halogens is 7.